The first-order chi connectivity index (χ1) is 8.72. The van der Waals surface area contributed by atoms with E-state index in [1.54, 1.807) is 0 Å². The van der Waals surface area contributed by atoms with Gasteiger partial charge in [0, 0.05) is 17.1 Å². The molecule has 2 N–H and O–H groups in total. The first-order valence-electron chi connectivity index (χ1n) is 6.53. The molecule has 3 heteroatoms. The molecule has 2 aromatic rings. The van der Waals surface area contributed by atoms with Crippen molar-refractivity contribution < 1.29 is 4.42 Å². The summed E-state index contributed by atoms with van der Waals surface area (Å²) in [6.45, 7) is 2.19. The Morgan fingerprint density at radius 3 is 2.83 bits per heavy atom. The summed E-state index contributed by atoms with van der Waals surface area (Å²) in [7, 11) is 0. The lowest BCUT2D eigenvalue weighted by Gasteiger charge is -2.06. The molecule has 96 valence electrons. The Bertz CT molecular complexity index is 587. The van der Waals surface area contributed by atoms with Gasteiger partial charge in [0.2, 0.25) is 0 Å². The van der Waals surface area contributed by atoms with E-state index in [-0.39, 0.29) is 5.63 Å². The van der Waals surface area contributed by atoms with Crippen molar-refractivity contribution in [2.24, 2.45) is 0 Å². The third-order valence-corrected chi connectivity index (χ3v) is 3.18. The molecule has 0 bridgehead atoms. The third-order valence-electron chi connectivity index (χ3n) is 3.18. The molecule has 0 amide bonds. The van der Waals surface area contributed by atoms with Crippen LogP contribution in [0, 0.1) is 0 Å². The molecule has 2 rings (SSSR count). The fourth-order valence-electron chi connectivity index (χ4n) is 2.21. The van der Waals surface area contributed by atoms with Gasteiger partial charge in [-0.2, -0.15) is 0 Å². The summed E-state index contributed by atoms with van der Waals surface area (Å²) in [5, 5.41) is 0.836. The number of fused-ring (bicyclic) bond motifs is 1. The summed E-state index contributed by atoms with van der Waals surface area (Å²) >= 11 is 0. The number of unbranched alkanes of at least 4 members (excludes halogenated alkanes) is 3. The highest BCUT2D eigenvalue weighted by molar-refractivity contribution is 5.90. The minimum Gasteiger partial charge on any atom is -0.422 e. The zero-order valence-corrected chi connectivity index (χ0v) is 10.7. The molecule has 0 atom stereocenters. The lowest BCUT2D eigenvalue weighted by Crippen LogP contribution is -2.02. The molecule has 0 saturated heterocycles. The maximum absolute atomic E-state index is 11.4. The van der Waals surface area contributed by atoms with E-state index in [1.165, 1.54) is 25.3 Å². The first-order valence-corrected chi connectivity index (χ1v) is 6.53. The number of anilines is 1. The second-order valence-corrected chi connectivity index (χ2v) is 4.63. The molecule has 1 heterocycles. The lowest BCUT2D eigenvalue weighted by atomic mass is 10.0. The molecule has 1 aromatic heterocycles. The van der Waals surface area contributed by atoms with Crippen molar-refractivity contribution in [3.8, 4) is 0 Å². The van der Waals surface area contributed by atoms with Crippen LogP contribution < -0.4 is 11.4 Å². The van der Waals surface area contributed by atoms with Gasteiger partial charge in [-0.1, -0.05) is 38.3 Å². The Balaban J connectivity index is 2.30. The number of benzene rings is 1. The van der Waals surface area contributed by atoms with Gasteiger partial charge in [0.25, 0.3) is 0 Å². The standard InChI is InChI=1S/C15H19NO2/c1-2-3-4-5-7-11-8-6-9-12-13(16)10-14(17)18-15(11)12/h6,8-10H,2-5,7,16H2,1H3. The van der Waals surface area contributed by atoms with Crippen molar-refractivity contribution >= 4 is 16.7 Å². The van der Waals surface area contributed by atoms with Gasteiger partial charge in [-0.3, -0.25) is 0 Å². The van der Waals surface area contributed by atoms with Crippen LogP contribution in [0.1, 0.15) is 38.2 Å². The minimum atomic E-state index is -0.374. The Morgan fingerprint density at radius 2 is 2.06 bits per heavy atom. The topological polar surface area (TPSA) is 56.2 Å². The molecule has 0 aliphatic carbocycles. The van der Waals surface area contributed by atoms with E-state index in [1.807, 2.05) is 18.2 Å². The SMILES string of the molecule is CCCCCCc1cccc2c(N)cc(=O)oc12. The van der Waals surface area contributed by atoms with Crippen LogP contribution in [0.25, 0.3) is 11.0 Å². The second kappa shape index (κ2) is 5.71. The molecule has 0 radical (unpaired) electrons. The van der Waals surface area contributed by atoms with Crippen molar-refractivity contribution in [2.75, 3.05) is 5.73 Å². The largest absolute Gasteiger partial charge is 0.422 e. The fourth-order valence-corrected chi connectivity index (χ4v) is 2.21. The number of nitrogen functional groups attached to an aromatic ring is 1. The molecule has 0 fully saturated rings. The quantitative estimate of drug-likeness (QED) is 0.648. The maximum atomic E-state index is 11.4. The predicted molar refractivity (Wildman–Crippen MR) is 74.7 cm³/mol. The van der Waals surface area contributed by atoms with Gasteiger partial charge in [0.1, 0.15) is 5.58 Å². The van der Waals surface area contributed by atoms with Gasteiger partial charge in [-0.25, -0.2) is 4.79 Å². The van der Waals surface area contributed by atoms with E-state index in [4.69, 9.17) is 10.2 Å². The van der Waals surface area contributed by atoms with Crippen molar-refractivity contribution in [3.05, 3.63) is 40.2 Å². The van der Waals surface area contributed by atoms with Crippen LogP contribution in [0.3, 0.4) is 0 Å². The molecule has 0 saturated carbocycles. The van der Waals surface area contributed by atoms with E-state index in [9.17, 15) is 4.79 Å². The van der Waals surface area contributed by atoms with E-state index < -0.39 is 0 Å². The van der Waals surface area contributed by atoms with E-state index in [2.05, 4.69) is 6.92 Å². The van der Waals surface area contributed by atoms with Crippen molar-refractivity contribution in [3.63, 3.8) is 0 Å². The summed E-state index contributed by atoms with van der Waals surface area (Å²) in [6.07, 6.45) is 5.73. The van der Waals surface area contributed by atoms with Gasteiger partial charge in [-0.05, 0) is 24.5 Å². The Kier molecular flexibility index (Phi) is 4.03. The molecule has 0 aliphatic rings. The summed E-state index contributed by atoms with van der Waals surface area (Å²) in [5.74, 6) is 0. The molecule has 0 unspecified atom stereocenters. The average molecular weight is 245 g/mol. The van der Waals surface area contributed by atoms with Gasteiger partial charge in [0.15, 0.2) is 0 Å². The molecular weight excluding hydrogens is 226 g/mol. The fraction of sp³-hybridized carbons (Fsp3) is 0.400. The van der Waals surface area contributed by atoms with Crippen LogP contribution in [0.2, 0.25) is 0 Å². The summed E-state index contributed by atoms with van der Waals surface area (Å²) < 4.78 is 5.30. The molecule has 0 aliphatic heterocycles. The first kappa shape index (κ1) is 12.7. The minimum absolute atomic E-state index is 0.374. The van der Waals surface area contributed by atoms with Crippen LogP contribution in [0.5, 0.6) is 0 Å². The molecule has 0 spiro atoms. The summed E-state index contributed by atoms with van der Waals surface area (Å²) in [4.78, 5) is 11.4. The number of hydrogen-bond donors (Lipinski definition) is 1. The third kappa shape index (κ3) is 2.73. The zero-order chi connectivity index (χ0) is 13.0. The second-order valence-electron chi connectivity index (χ2n) is 4.63. The zero-order valence-electron chi connectivity index (χ0n) is 10.7. The highest BCUT2D eigenvalue weighted by Crippen LogP contribution is 2.23. The van der Waals surface area contributed by atoms with Gasteiger partial charge in [-0.15, -0.1) is 0 Å². The van der Waals surface area contributed by atoms with Gasteiger partial charge in [0.05, 0.1) is 0 Å². The lowest BCUT2D eigenvalue weighted by molar-refractivity contribution is 0.555. The van der Waals surface area contributed by atoms with Crippen molar-refractivity contribution in [2.45, 2.75) is 39.0 Å². The molecular formula is C15H19NO2. The number of nitrogens with two attached hydrogens (primary N) is 1. The molecule has 18 heavy (non-hydrogen) atoms. The van der Waals surface area contributed by atoms with E-state index >= 15 is 0 Å². The van der Waals surface area contributed by atoms with Crippen LogP contribution >= 0.6 is 0 Å². The summed E-state index contributed by atoms with van der Waals surface area (Å²) in [5.41, 5.74) is 7.69. The van der Waals surface area contributed by atoms with Gasteiger partial charge >= 0.3 is 5.63 Å². The van der Waals surface area contributed by atoms with Crippen LogP contribution in [-0.2, 0) is 6.42 Å². The van der Waals surface area contributed by atoms with Crippen molar-refractivity contribution in [1.29, 1.82) is 0 Å². The van der Waals surface area contributed by atoms with E-state index in [0.29, 0.717) is 11.3 Å². The van der Waals surface area contributed by atoms with Crippen LogP contribution in [0.15, 0.2) is 33.5 Å². The normalized spacial score (nSPS) is 10.9. The summed E-state index contributed by atoms with van der Waals surface area (Å²) in [6, 6.07) is 7.21. The average Bonchev–Trinajstić information content (AvgIpc) is 2.35. The molecule has 3 nitrogen and oxygen atoms in total. The monoisotopic (exact) mass is 245 g/mol. The highest BCUT2D eigenvalue weighted by Gasteiger charge is 2.07. The Hall–Kier alpha value is -1.77. The number of para-hydroxylation sites is 1. The predicted octanol–water partition coefficient (Wildman–Crippen LogP) is 3.50. The maximum Gasteiger partial charge on any atom is 0.338 e. The van der Waals surface area contributed by atoms with Crippen molar-refractivity contribution in [1.82, 2.24) is 0 Å². The number of hydrogen-bond acceptors (Lipinski definition) is 3. The number of rotatable bonds is 5. The van der Waals surface area contributed by atoms with Gasteiger partial charge < -0.3 is 10.2 Å². The smallest absolute Gasteiger partial charge is 0.338 e. The van der Waals surface area contributed by atoms with Crippen LogP contribution in [0.4, 0.5) is 5.69 Å². The Labute approximate surface area is 107 Å². The number of aryl methyl sites for hydroxylation is 1. The Morgan fingerprint density at radius 1 is 1.22 bits per heavy atom. The molecule has 1 aromatic carbocycles. The highest BCUT2D eigenvalue weighted by atomic mass is 16.4. The van der Waals surface area contributed by atoms with E-state index in [0.717, 1.165) is 23.8 Å². The van der Waals surface area contributed by atoms with Crippen LogP contribution in [-0.4, -0.2) is 0 Å².